The van der Waals surface area contributed by atoms with Crippen molar-refractivity contribution in [2.24, 2.45) is 5.92 Å². The quantitative estimate of drug-likeness (QED) is 0.404. The highest BCUT2D eigenvalue weighted by Crippen LogP contribution is 2.11. The molecular weight excluding hydrogens is 120 g/mol. The van der Waals surface area contributed by atoms with Gasteiger partial charge in [-0.1, -0.05) is 33.1 Å². The molecule has 0 aliphatic rings. The normalized spacial score (nSPS) is 12.5. The summed E-state index contributed by atoms with van der Waals surface area (Å²) in [4.78, 5) is 0. The van der Waals surface area contributed by atoms with Gasteiger partial charge >= 0.3 is 0 Å². The maximum atomic E-state index is 5.18. The average Bonchev–Trinajstić information content (AvgIpc) is 1.89. The fourth-order valence-electron chi connectivity index (χ4n) is 1.05. The second-order valence-electron chi connectivity index (χ2n) is 3.01. The van der Waals surface area contributed by atoms with E-state index in [1.54, 1.807) is 0 Å². The van der Waals surface area contributed by atoms with E-state index >= 15 is 0 Å². The van der Waals surface area contributed by atoms with Crippen molar-refractivity contribution in [2.45, 2.75) is 46.0 Å². The number of hydrogen-bond acceptors (Lipinski definition) is 0. The molecule has 0 aromatic rings. The molecule has 1 atom stereocenters. The Bertz CT molecular complexity index is 97.1. The van der Waals surface area contributed by atoms with Crippen molar-refractivity contribution in [1.29, 1.82) is 0 Å². The Morgan fingerprint density at radius 3 is 2.60 bits per heavy atom. The van der Waals surface area contributed by atoms with Crippen LogP contribution in [0.25, 0.3) is 0 Å². The van der Waals surface area contributed by atoms with Crippen molar-refractivity contribution in [3.8, 4) is 12.3 Å². The van der Waals surface area contributed by atoms with Crippen LogP contribution in [-0.4, -0.2) is 0 Å². The highest BCUT2D eigenvalue weighted by Gasteiger charge is 1.97. The van der Waals surface area contributed by atoms with Crippen molar-refractivity contribution in [1.82, 2.24) is 0 Å². The molecule has 0 heterocycles. The summed E-state index contributed by atoms with van der Waals surface area (Å²) in [7, 11) is 0. The Kier molecular flexibility index (Phi) is 6.38. The van der Waals surface area contributed by atoms with E-state index in [2.05, 4.69) is 19.8 Å². The first kappa shape index (κ1) is 9.56. The largest absolute Gasteiger partial charge is 0.120 e. The molecule has 0 aliphatic carbocycles. The molecule has 0 heteroatoms. The zero-order valence-electron chi connectivity index (χ0n) is 7.19. The van der Waals surface area contributed by atoms with E-state index in [1.807, 2.05) is 0 Å². The van der Waals surface area contributed by atoms with Gasteiger partial charge < -0.3 is 0 Å². The molecule has 0 N–H and O–H groups in total. The van der Waals surface area contributed by atoms with Crippen LogP contribution in [0.5, 0.6) is 0 Å². The third-order valence-electron chi connectivity index (χ3n) is 1.77. The Hall–Kier alpha value is -0.440. The molecule has 0 aromatic heterocycles. The van der Waals surface area contributed by atoms with Gasteiger partial charge in [-0.05, 0) is 12.3 Å². The summed E-state index contributed by atoms with van der Waals surface area (Å²) in [6.07, 6.45) is 11.4. The van der Waals surface area contributed by atoms with Crippen LogP contribution in [0.1, 0.15) is 46.0 Å². The van der Waals surface area contributed by atoms with Crippen LogP contribution in [-0.2, 0) is 0 Å². The first-order chi connectivity index (χ1) is 4.81. The van der Waals surface area contributed by atoms with Crippen molar-refractivity contribution in [3.63, 3.8) is 0 Å². The van der Waals surface area contributed by atoms with E-state index in [9.17, 15) is 0 Å². The zero-order valence-corrected chi connectivity index (χ0v) is 7.19. The van der Waals surface area contributed by atoms with Gasteiger partial charge in [0.25, 0.3) is 0 Å². The van der Waals surface area contributed by atoms with E-state index in [-0.39, 0.29) is 0 Å². The maximum absolute atomic E-state index is 5.18. The molecule has 0 unspecified atom stereocenters. The van der Waals surface area contributed by atoms with E-state index in [4.69, 9.17) is 6.42 Å². The Labute approximate surface area is 65.0 Å². The first-order valence-corrected chi connectivity index (χ1v) is 4.24. The molecule has 0 aliphatic heterocycles. The van der Waals surface area contributed by atoms with E-state index in [0.717, 1.165) is 12.3 Å². The predicted octanol–water partition coefficient (Wildman–Crippen LogP) is 3.23. The Balaban J connectivity index is 3.06. The molecule has 0 saturated heterocycles. The molecule has 0 rings (SSSR count). The third kappa shape index (κ3) is 5.69. The first-order valence-electron chi connectivity index (χ1n) is 4.24. The smallest absolute Gasteiger partial charge is 0.0112 e. The van der Waals surface area contributed by atoms with E-state index < -0.39 is 0 Å². The second-order valence-corrected chi connectivity index (χ2v) is 3.01. The fourth-order valence-corrected chi connectivity index (χ4v) is 1.05. The van der Waals surface area contributed by atoms with Gasteiger partial charge in [0.05, 0.1) is 0 Å². The summed E-state index contributed by atoms with van der Waals surface area (Å²) < 4.78 is 0. The molecule has 0 spiro atoms. The van der Waals surface area contributed by atoms with Crippen molar-refractivity contribution < 1.29 is 0 Å². The maximum Gasteiger partial charge on any atom is 0.0112 e. The molecule has 0 fully saturated rings. The minimum Gasteiger partial charge on any atom is -0.120 e. The van der Waals surface area contributed by atoms with Gasteiger partial charge in [-0.3, -0.25) is 0 Å². The fraction of sp³-hybridized carbons (Fsp3) is 0.800. The zero-order chi connectivity index (χ0) is 7.82. The molecule has 0 saturated carbocycles. The SMILES string of the molecule is C#CC[C@H](C)CCCCC. The third-order valence-corrected chi connectivity index (χ3v) is 1.77. The molecule has 58 valence electrons. The van der Waals surface area contributed by atoms with E-state index in [0.29, 0.717) is 0 Å². The molecule has 0 aromatic carbocycles. The van der Waals surface area contributed by atoms with Gasteiger partial charge in [0.2, 0.25) is 0 Å². The number of rotatable bonds is 5. The Morgan fingerprint density at radius 2 is 2.10 bits per heavy atom. The van der Waals surface area contributed by atoms with Crippen LogP contribution < -0.4 is 0 Å². The molecule has 0 nitrogen and oxygen atoms in total. The topological polar surface area (TPSA) is 0 Å². The van der Waals surface area contributed by atoms with E-state index in [1.165, 1.54) is 25.7 Å². The van der Waals surface area contributed by atoms with Gasteiger partial charge in [0, 0.05) is 6.42 Å². The van der Waals surface area contributed by atoms with Crippen LogP contribution in [0.2, 0.25) is 0 Å². The molecule has 0 bridgehead atoms. The average molecular weight is 138 g/mol. The molecular formula is C10H18. The summed E-state index contributed by atoms with van der Waals surface area (Å²) in [5.41, 5.74) is 0. The lowest BCUT2D eigenvalue weighted by atomic mass is 10.0. The van der Waals surface area contributed by atoms with Crippen LogP contribution >= 0.6 is 0 Å². The van der Waals surface area contributed by atoms with Crippen LogP contribution in [0.15, 0.2) is 0 Å². The summed E-state index contributed by atoms with van der Waals surface area (Å²) in [5.74, 6) is 3.43. The lowest BCUT2D eigenvalue weighted by molar-refractivity contribution is 0.506. The highest BCUT2D eigenvalue weighted by molar-refractivity contribution is 4.85. The standard InChI is InChI=1S/C10H18/c1-4-6-7-9-10(3)8-5-2/h2,10H,4,6-9H2,1,3H3/t10-/m0/s1. The van der Waals surface area contributed by atoms with Gasteiger partial charge in [-0.25, -0.2) is 0 Å². The Morgan fingerprint density at radius 1 is 1.40 bits per heavy atom. The summed E-state index contributed by atoms with van der Waals surface area (Å²) >= 11 is 0. The molecule has 10 heavy (non-hydrogen) atoms. The lowest BCUT2D eigenvalue weighted by Crippen LogP contribution is -1.91. The van der Waals surface area contributed by atoms with Crippen LogP contribution in [0.4, 0.5) is 0 Å². The summed E-state index contributed by atoms with van der Waals surface area (Å²) in [5, 5.41) is 0. The van der Waals surface area contributed by atoms with Gasteiger partial charge in [-0.2, -0.15) is 0 Å². The van der Waals surface area contributed by atoms with Gasteiger partial charge in [0.1, 0.15) is 0 Å². The molecule has 0 radical (unpaired) electrons. The van der Waals surface area contributed by atoms with Crippen LogP contribution in [0.3, 0.4) is 0 Å². The lowest BCUT2D eigenvalue weighted by Gasteiger charge is -2.05. The van der Waals surface area contributed by atoms with Gasteiger partial charge in [0.15, 0.2) is 0 Å². The minimum absolute atomic E-state index is 0.733. The summed E-state index contributed by atoms with van der Waals surface area (Å²) in [6, 6.07) is 0. The summed E-state index contributed by atoms with van der Waals surface area (Å²) in [6.45, 7) is 4.46. The van der Waals surface area contributed by atoms with Crippen LogP contribution in [0, 0.1) is 18.3 Å². The number of unbranched alkanes of at least 4 members (excludes halogenated alkanes) is 2. The minimum atomic E-state index is 0.733. The number of terminal acetylenes is 1. The van der Waals surface area contributed by atoms with Crippen molar-refractivity contribution in [3.05, 3.63) is 0 Å². The number of hydrogen-bond donors (Lipinski definition) is 0. The van der Waals surface area contributed by atoms with Crippen molar-refractivity contribution in [2.75, 3.05) is 0 Å². The van der Waals surface area contributed by atoms with Gasteiger partial charge in [-0.15, -0.1) is 12.3 Å². The highest BCUT2D eigenvalue weighted by atomic mass is 14.0. The predicted molar refractivity (Wildman–Crippen MR) is 46.8 cm³/mol. The monoisotopic (exact) mass is 138 g/mol. The second kappa shape index (κ2) is 6.68. The molecule has 0 amide bonds. The van der Waals surface area contributed by atoms with Crippen molar-refractivity contribution >= 4 is 0 Å².